The third-order valence-corrected chi connectivity index (χ3v) is 1.39. The summed E-state index contributed by atoms with van der Waals surface area (Å²) in [7, 11) is 0. The van der Waals surface area contributed by atoms with Gasteiger partial charge in [0.1, 0.15) is 0 Å². The lowest BCUT2D eigenvalue weighted by molar-refractivity contribution is -0.143. The van der Waals surface area contributed by atoms with Crippen molar-refractivity contribution in [2.45, 2.75) is 12.4 Å². The van der Waals surface area contributed by atoms with E-state index in [4.69, 9.17) is 0 Å². The molecule has 0 atom stereocenters. The molecule has 0 aromatic carbocycles. The Morgan fingerprint density at radius 2 is 1.14 bits per heavy atom. The highest BCUT2D eigenvalue weighted by atomic mass is 19.4. The molecule has 1 heterocycles. The van der Waals surface area contributed by atoms with Gasteiger partial charge in [-0.05, 0) is 6.07 Å². The summed E-state index contributed by atoms with van der Waals surface area (Å²) in [6.07, 6.45) is -8.94. The molecule has 0 aliphatic heterocycles. The Kier molecular flexibility index (Phi) is 2.43. The van der Waals surface area contributed by atoms with E-state index in [1.165, 1.54) is 0 Å². The molecule has 14 heavy (non-hydrogen) atoms. The van der Waals surface area contributed by atoms with Crippen LogP contribution in [0.1, 0.15) is 11.1 Å². The minimum Gasteiger partial charge on any atom is -0.263 e. The lowest BCUT2D eigenvalue weighted by Gasteiger charge is -2.09. The normalized spacial score (nSPS) is 13.0. The Morgan fingerprint density at radius 3 is 1.43 bits per heavy atom. The van der Waals surface area contributed by atoms with Crippen molar-refractivity contribution in [3.05, 3.63) is 29.6 Å². The highest BCUT2D eigenvalue weighted by molar-refractivity contribution is 5.22. The van der Waals surface area contributed by atoms with E-state index in [2.05, 4.69) is 4.98 Å². The van der Waals surface area contributed by atoms with Gasteiger partial charge in [-0.3, -0.25) is 4.98 Å². The monoisotopic (exact) mass is 215 g/mol. The lowest BCUT2D eigenvalue weighted by atomic mass is 10.2. The number of rotatable bonds is 0. The molecule has 1 aromatic rings. The van der Waals surface area contributed by atoms with E-state index in [1.807, 2.05) is 0 Å². The van der Waals surface area contributed by atoms with Crippen LogP contribution in [0.15, 0.2) is 18.5 Å². The summed E-state index contributed by atoms with van der Waals surface area (Å²) < 4.78 is 71.7. The van der Waals surface area contributed by atoms with Crippen molar-refractivity contribution in [1.82, 2.24) is 4.98 Å². The van der Waals surface area contributed by atoms with Gasteiger partial charge in [0.15, 0.2) is 0 Å². The molecule has 0 saturated carbocycles. The van der Waals surface area contributed by atoms with Crippen LogP contribution in [0.25, 0.3) is 0 Å². The molecular formula is C7H3F6N. The molecule has 0 unspecified atom stereocenters. The fourth-order valence-corrected chi connectivity index (χ4v) is 0.750. The van der Waals surface area contributed by atoms with Crippen LogP contribution in [0.2, 0.25) is 0 Å². The SMILES string of the molecule is FC(F)(F)c1cncc(C(F)(F)F)c1. The summed E-state index contributed by atoms with van der Waals surface area (Å²) in [5, 5.41) is 0. The second kappa shape index (κ2) is 3.14. The second-order valence-corrected chi connectivity index (χ2v) is 2.46. The molecule has 0 fully saturated rings. The van der Waals surface area contributed by atoms with E-state index in [0.29, 0.717) is 12.4 Å². The summed E-state index contributed by atoms with van der Waals surface area (Å²) in [6.45, 7) is 0. The number of halogens is 6. The maximum absolute atomic E-state index is 11.9. The zero-order valence-corrected chi connectivity index (χ0v) is 6.45. The van der Waals surface area contributed by atoms with E-state index < -0.39 is 23.5 Å². The van der Waals surface area contributed by atoms with E-state index >= 15 is 0 Å². The lowest BCUT2D eigenvalue weighted by Crippen LogP contribution is -2.11. The fraction of sp³-hybridized carbons (Fsp3) is 0.286. The molecule has 1 nitrogen and oxygen atoms in total. The molecule has 1 rings (SSSR count). The van der Waals surface area contributed by atoms with E-state index in [-0.39, 0.29) is 6.07 Å². The van der Waals surface area contributed by atoms with Gasteiger partial charge in [0.05, 0.1) is 11.1 Å². The van der Waals surface area contributed by atoms with Gasteiger partial charge in [-0.2, -0.15) is 26.3 Å². The van der Waals surface area contributed by atoms with Crippen LogP contribution in [0.5, 0.6) is 0 Å². The summed E-state index contributed by atoms with van der Waals surface area (Å²) in [5.74, 6) is 0. The maximum atomic E-state index is 11.9. The van der Waals surface area contributed by atoms with Gasteiger partial charge < -0.3 is 0 Å². The van der Waals surface area contributed by atoms with Crippen LogP contribution in [-0.2, 0) is 12.4 Å². The smallest absolute Gasteiger partial charge is 0.263 e. The van der Waals surface area contributed by atoms with Crippen molar-refractivity contribution < 1.29 is 26.3 Å². The predicted molar refractivity (Wildman–Crippen MR) is 34.2 cm³/mol. The molecule has 0 amide bonds. The van der Waals surface area contributed by atoms with Crippen LogP contribution in [-0.4, -0.2) is 4.98 Å². The first-order valence-electron chi connectivity index (χ1n) is 3.30. The van der Waals surface area contributed by atoms with Crippen molar-refractivity contribution in [2.24, 2.45) is 0 Å². The molecule has 0 saturated heterocycles. The number of pyridine rings is 1. The van der Waals surface area contributed by atoms with Crippen molar-refractivity contribution in [1.29, 1.82) is 0 Å². The van der Waals surface area contributed by atoms with Gasteiger partial charge in [0.2, 0.25) is 0 Å². The fourth-order valence-electron chi connectivity index (χ4n) is 0.750. The molecule has 0 radical (unpaired) electrons. The number of hydrogen-bond acceptors (Lipinski definition) is 1. The molecule has 0 aliphatic rings. The number of alkyl halides is 6. The Balaban J connectivity index is 3.15. The molecular weight excluding hydrogens is 212 g/mol. The van der Waals surface area contributed by atoms with Gasteiger partial charge in [-0.15, -0.1) is 0 Å². The molecule has 7 heteroatoms. The van der Waals surface area contributed by atoms with Crippen LogP contribution in [0.3, 0.4) is 0 Å². The van der Waals surface area contributed by atoms with E-state index in [9.17, 15) is 26.3 Å². The minimum absolute atomic E-state index is 0.0208. The average Bonchev–Trinajstić information content (AvgIpc) is 2.01. The summed E-state index contributed by atoms with van der Waals surface area (Å²) >= 11 is 0. The second-order valence-electron chi connectivity index (χ2n) is 2.46. The summed E-state index contributed by atoms with van der Waals surface area (Å²) in [4.78, 5) is 2.88. The van der Waals surface area contributed by atoms with Gasteiger partial charge in [0, 0.05) is 12.4 Å². The first-order valence-corrected chi connectivity index (χ1v) is 3.30. The number of nitrogens with zero attached hydrogens (tertiary/aromatic N) is 1. The molecule has 0 aliphatic carbocycles. The van der Waals surface area contributed by atoms with E-state index in [1.54, 1.807) is 0 Å². The Bertz CT molecular complexity index is 296. The first-order chi connectivity index (χ1) is 6.21. The standard InChI is InChI=1S/C7H3F6N/c8-6(9,10)4-1-5(3-14-2-4)7(11,12)13/h1-3H. The van der Waals surface area contributed by atoms with Crippen molar-refractivity contribution in [2.75, 3.05) is 0 Å². The third-order valence-electron chi connectivity index (χ3n) is 1.39. The van der Waals surface area contributed by atoms with Gasteiger partial charge >= 0.3 is 12.4 Å². The molecule has 1 aromatic heterocycles. The van der Waals surface area contributed by atoms with Crippen molar-refractivity contribution in [3.63, 3.8) is 0 Å². The predicted octanol–water partition coefficient (Wildman–Crippen LogP) is 3.12. The van der Waals surface area contributed by atoms with Gasteiger partial charge in [-0.25, -0.2) is 0 Å². The van der Waals surface area contributed by atoms with Crippen LogP contribution in [0, 0.1) is 0 Å². The Morgan fingerprint density at radius 1 is 0.786 bits per heavy atom. The number of hydrogen-bond donors (Lipinski definition) is 0. The Hall–Kier alpha value is -1.27. The van der Waals surface area contributed by atoms with Crippen LogP contribution < -0.4 is 0 Å². The highest BCUT2D eigenvalue weighted by Gasteiger charge is 2.36. The summed E-state index contributed by atoms with van der Waals surface area (Å²) in [5.41, 5.74) is -2.82. The number of aromatic nitrogens is 1. The third kappa shape index (κ3) is 2.36. The zero-order chi connectivity index (χ0) is 11.0. The topological polar surface area (TPSA) is 12.9 Å². The highest BCUT2D eigenvalue weighted by Crippen LogP contribution is 2.34. The largest absolute Gasteiger partial charge is 0.417 e. The molecule has 0 spiro atoms. The van der Waals surface area contributed by atoms with E-state index in [0.717, 1.165) is 0 Å². The van der Waals surface area contributed by atoms with Crippen LogP contribution in [0.4, 0.5) is 26.3 Å². The average molecular weight is 215 g/mol. The quantitative estimate of drug-likeness (QED) is 0.606. The summed E-state index contributed by atoms with van der Waals surface area (Å²) in [6, 6.07) is 0.0208. The molecule has 0 N–H and O–H groups in total. The van der Waals surface area contributed by atoms with Gasteiger partial charge in [0.25, 0.3) is 0 Å². The maximum Gasteiger partial charge on any atom is 0.417 e. The Labute approximate surface area is 74.4 Å². The molecule has 78 valence electrons. The van der Waals surface area contributed by atoms with Gasteiger partial charge in [-0.1, -0.05) is 0 Å². The van der Waals surface area contributed by atoms with Crippen LogP contribution >= 0.6 is 0 Å². The first kappa shape index (κ1) is 10.8. The van der Waals surface area contributed by atoms with Crippen molar-refractivity contribution >= 4 is 0 Å². The zero-order valence-electron chi connectivity index (χ0n) is 6.45. The molecule has 0 bridgehead atoms. The van der Waals surface area contributed by atoms with Crippen molar-refractivity contribution in [3.8, 4) is 0 Å². The minimum atomic E-state index is -4.81.